The molecule has 0 bridgehead atoms. The second kappa shape index (κ2) is 4.14. The molecular formula is C7H15N3O3S. The smallest absolute Gasteiger partial charge is 0.211 e. The zero-order chi connectivity index (χ0) is 10.8. The fourth-order valence-electron chi connectivity index (χ4n) is 1.60. The van der Waals surface area contributed by atoms with Crippen LogP contribution in [0.4, 0.5) is 0 Å². The predicted molar refractivity (Wildman–Crippen MR) is 52.5 cm³/mol. The molecule has 1 fully saturated rings. The zero-order valence-corrected chi connectivity index (χ0v) is 8.87. The van der Waals surface area contributed by atoms with Gasteiger partial charge in [0.2, 0.25) is 10.0 Å². The van der Waals surface area contributed by atoms with Crippen molar-refractivity contribution >= 4 is 15.9 Å². The van der Waals surface area contributed by atoms with Gasteiger partial charge in [-0.3, -0.25) is 0 Å². The van der Waals surface area contributed by atoms with Crippen LogP contribution in [0.25, 0.3) is 0 Å². The Bertz CT molecular complexity index is 325. The van der Waals surface area contributed by atoms with E-state index >= 15 is 0 Å². The van der Waals surface area contributed by atoms with Crippen LogP contribution < -0.4 is 5.73 Å². The van der Waals surface area contributed by atoms with Gasteiger partial charge in [0.15, 0.2) is 0 Å². The van der Waals surface area contributed by atoms with Crippen LogP contribution in [-0.4, -0.2) is 43.1 Å². The van der Waals surface area contributed by atoms with E-state index in [9.17, 15) is 8.42 Å². The van der Waals surface area contributed by atoms with Gasteiger partial charge in [0.25, 0.3) is 0 Å². The van der Waals surface area contributed by atoms with Crippen LogP contribution in [0.1, 0.15) is 12.8 Å². The molecule has 1 atom stereocenters. The number of sulfonamides is 1. The largest absolute Gasteiger partial charge is 0.409 e. The Morgan fingerprint density at radius 2 is 2.36 bits per heavy atom. The minimum absolute atomic E-state index is 0.158. The molecule has 0 aromatic carbocycles. The molecule has 0 aliphatic carbocycles. The van der Waals surface area contributed by atoms with Gasteiger partial charge >= 0.3 is 0 Å². The van der Waals surface area contributed by atoms with Crippen LogP contribution in [-0.2, 0) is 10.0 Å². The van der Waals surface area contributed by atoms with Gasteiger partial charge in [-0.15, -0.1) is 0 Å². The van der Waals surface area contributed by atoms with Crippen molar-refractivity contribution in [2.75, 3.05) is 19.3 Å². The first-order valence-corrected chi connectivity index (χ1v) is 6.20. The summed E-state index contributed by atoms with van der Waals surface area (Å²) in [6, 6.07) is 0. The summed E-state index contributed by atoms with van der Waals surface area (Å²) in [6.45, 7) is 0.997. The highest BCUT2D eigenvalue weighted by atomic mass is 32.2. The maximum absolute atomic E-state index is 11.1. The summed E-state index contributed by atoms with van der Waals surface area (Å²) in [5.41, 5.74) is 5.34. The third-order valence-electron chi connectivity index (χ3n) is 2.34. The zero-order valence-electron chi connectivity index (χ0n) is 8.05. The molecular weight excluding hydrogens is 206 g/mol. The monoisotopic (exact) mass is 221 g/mol. The number of oxime groups is 1. The second-order valence-electron chi connectivity index (χ2n) is 3.57. The molecule has 7 heteroatoms. The summed E-state index contributed by atoms with van der Waals surface area (Å²) in [5.74, 6) is 0.325. The number of nitrogens with two attached hydrogens (primary N) is 1. The van der Waals surface area contributed by atoms with Crippen molar-refractivity contribution in [1.29, 1.82) is 0 Å². The molecule has 0 aromatic heterocycles. The maximum atomic E-state index is 11.1. The molecule has 14 heavy (non-hydrogen) atoms. The Kier molecular flexibility index (Phi) is 3.33. The van der Waals surface area contributed by atoms with Crippen molar-refractivity contribution < 1.29 is 13.6 Å². The molecule has 0 amide bonds. The van der Waals surface area contributed by atoms with Gasteiger partial charge in [-0.1, -0.05) is 5.16 Å². The van der Waals surface area contributed by atoms with Crippen LogP contribution in [0.3, 0.4) is 0 Å². The summed E-state index contributed by atoms with van der Waals surface area (Å²) in [5, 5.41) is 11.2. The highest BCUT2D eigenvalue weighted by Gasteiger charge is 2.28. The molecule has 1 aliphatic heterocycles. The van der Waals surface area contributed by atoms with Crippen LogP contribution in [0.5, 0.6) is 0 Å². The highest BCUT2D eigenvalue weighted by molar-refractivity contribution is 7.88. The number of rotatable bonds is 3. The molecule has 0 saturated carbocycles. The number of amidine groups is 1. The molecule has 1 rings (SSSR count). The van der Waals surface area contributed by atoms with Crippen LogP contribution in [0, 0.1) is 5.92 Å². The lowest BCUT2D eigenvalue weighted by molar-refractivity contribution is 0.315. The molecule has 6 nitrogen and oxygen atoms in total. The second-order valence-corrected chi connectivity index (χ2v) is 5.55. The third kappa shape index (κ3) is 2.85. The minimum Gasteiger partial charge on any atom is -0.409 e. The average molecular weight is 221 g/mol. The molecule has 1 heterocycles. The molecule has 0 radical (unpaired) electrons. The lowest BCUT2D eigenvalue weighted by Gasteiger charge is -2.12. The number of hydrogen-bond donors (Lipinski definition) is 2. The normalized spacial score (nSPS) is 25.5. The summed E-state index contributed by atoms with van der Waals surface area (Å²) >= 11 is 0. The van der Waals surface area contributed by atoms with E-state index < -0.39 is 10.0 Å². The summed E-state index contributed by atoms with van der Waals surface area (Å²) in [7, 11) is -3.09. The Labute approximate surface area is 83.4 Å². The van der Waals surface area contributed by atoms with Crippen molar-refractivity contribution in [2.45, 2.75) is 12.8 Å². The van der Waals surface area contributed by atoms with Gasteiger partial charge in [-0.25, -0.2) is 12.7 Å². The van der Waals surface area contributed by atoms with Gasteiger partial charge in [-0.2, -0.15) is 0 Å². The molecule has 82 valence electrons. The standard InChI is InChI=1S/C7H15N3O3S/c1-14(12,13)10-3-2-6(5-10)4-7(8)9-11/h6,11H,2-5H2,1H3,(H2,8,9). The Hall–Kier alpha value is -0.820. The van der Waals surface area contributed by atoms with E-state index in [-0.39, 0.29) is 11.8 Å². The van der Waals surface area contributed by atoms with Crippen molar-refractivity contribution in [1.82, 2.24) is 4.31 Å². The Balaban J connectivity index is 2.50. The summed E-state index contributed by atoms with van der Waals surface area (Å²) in [4.78, 5) is 0. The van der Waals surface area contributed by atoms with Gasteiger partial charge < -0.3 is 10.9 Å². The average Bonchev–Trinajstić information content (AvgIpc) is 2.51. The van der Waals surface area contributed by atoms with E-state index in [4.69, 9.17) is 10.9 Å². The van der Waals surface area contributed by atoms with Crippen molar-refractivity contribution in [3.63, 3.8) is 0 Å². The van der Waals surface area contributed by atoms with E-state index in [1.165, 1.54) is 10.6 Å². The van der Waals surface area contributed by atoms with Gasteiger partial charge in [0, 0.05) is 19.5 Å². The molecule has 1 saturated heterocycles. The molecule has 0 spiro atoms. The number of hydrogen-bond acceptors (Lipinski definition) is 4. The van der Waals surface area contributed by atoms with Gasteiger partial charge in [0.1, 0.15) is 5.84 Å². The van der Waals surface area contributed by atoms with Crippen LogP contribution in [0.2, 0.25) is 0 Å². The van der Waals surface area contributed by atoms with Crippen LogP contribution >= 0.6 is 0 Å². The molecule has 3 N–H and O–H groups in total. The topological polar surface area (TPSA) is 96.0 Å². The Morgan fingerprint density at radius 1 is 1.71 bits per heavy atom. The van der Waals surface area contributed by atoms with E-state index in [0.717, 1.165) is 6.42 Å². The fraction of sp³-hybridized carbons (Fsp3) is 0.857. The van der Waals surface area contributed by atoms with Crippen molar-refractivity contribution in [3.8, 4) is 0 Å². The molecule has 1 unspecified atom stereocenters. The molecule has 0 aromatic rings. The first kappa shape index (κ1) is 11.3. The Morgan fingerprint density at radius 3 is 2.79 bits per heavy atom. The third-order valence-corrected chi connectivity index (χ3v) is 3.61. The van der Waals surface area contributed by atoms with Gasteiger partial charge in [0.05, 0.1) is 6.26 Å². The quantitative estimate of drug-likeness (QED) is 0.288. The maximum Gasteiger partial charge on any atom is 0.211 e. The van der Waals surface area contributed by atoms with E-state index in [0.29, 0.717) is 19.5 Å². The SMILES string of the molecule is CS(=O)(=O)N1CCC(C/C(N)=N/O)C1. The van der Waals surface area contributed by atoms with Crippen LogP contribution in [0.15, 0.2) is 5.16 Å². The summed E-state index contributed by atoms with van der Waals surface area (Å²) in [6.07, 6.45) is 2.41. The van der Waals surface area contributed by atoms with E-state index in [2.05, 4.69) is 5.16 Å². The highest BCUT2D eigenvalue weighted by Crippen LogP contribution is 2.21. The first-order valence-electron chi connectivity index (χ1n) is 4.35. The van der Waals surface area contributed by atoms with Gasteiger partial charge in [-0.05, 0) is 12.3 Å². The fourth-order valence-corrected chi connectivity index (χ4v) is 2.52. The number of nitrogens with zero attached hydrogens (tertiary/aromatic N) is 2. The van der Waals surface area contributed by atoms with E-state index in [1.807, 2.05) is 0 Å². The first-order chi connectivity index (χ1) is 6.43. The van der Waals surface area contributed by atoms with Crippen molar-refractivity contribution in [2.24, 2.45) is 16.8 Å². The molecule has 1 aliphatic rings. The predicted octanol–water partition coefficient (Wildman–Crippen LogP) is -0.596. The van der Waals surface area contributed by atoms with Crippen molar-refractivity contribution in [3.05, 3.63) is 0 Å². The lowest BCUT2D eigenvalue weighted by atomic mass is 10.1. The minimum atomic E-state index is -3.09. The summed E-state index contributed by atoms with van der Waals surface area (Å²) < 4.78 is 23.7. The lowest BCUT2D eigenvalue weighted by Crippen LogP contribution is -2.28. The van der Waals surface area contributed by atoms with E-state index in [1.54, 1.807) is 0 Å².